The number of hydrogen-bond acceptors (Lipinski definition) is 4. The van der Waals surface area contributed by atoms with Crippen molar-refractivity contribution in [2.45, 2.75) is 19.4 Å². The fourth-order valence-electron chi connectivity index (χ4n) is 4.98. The summed E-state index contributed by atoms with van der Waals surface area (Å²) in [4.78, 5) is 18.7. The van der Waals surface area contributed by atoms with E-state index in [9.17, 15) is 4.79 Å². The molecule has 0 unspecified atom stereocenters. The summed E-state index contributed by atoms with van der Waals surface area (Å²) in [6, 6.07) is 16.3. The normalized spacial score (nSPS) is 27.0. The number of halogens is 1. The van der Waals surface area contributed by atoms with Gasteiger partial charge in [-0.1, -0.05) is 34.1 Å². The average Bonchev–Trinajstić information content (AvgIpc) is 2.94. The largest absolute Gasteiger partial charge is 0.364 e. The molecule has 0 aromatic heterocycles. The van der Waals surface area contributed by atoms with E-state index in [-0.39, 0.29) is 11.9 Å². The minimum atomic E-state index is -0.627. The highest BCUT2D eigenvalue weighted by Crippen LogP contribution is 2.48. The smallest absolute Gasteiger partial charge is 0.261 e. The van der Waals surface area contributed by atoms with Crippen LogP contribution in [0.3, 0.4) is 0 Å². The minimum Gasteiger partial charge on any atom is -0.364 e. The van der Waals surface area contributed by atoms with Crippen LogP contribution in [0.2, 0.25) is 0 Å². The molecule has 0 N–H and O–H groups in total. The first-order valence-corrected chi connectivity index (χ1v) is 10.5. The molecule has 28 heavy (non-hydrogen) atoms. The zero-order valence-electron chi connectivity index (χ0n) is 16.1. The standard InChI is InChI=1S/C22H23BrN4O/c1-15-22(21(28)27(24-15)18-6-4-3-5-7-18)13-16-12-17(23)8-9-19(16)26-11-10-25(2)14-20(22)26/h3-9,12,20H,10-11,13-14H2,1-2H3/t20-,22+/m0/s1. The van der Waals surface area contributed by atoms with Gasteiger partial charge in [0.2, 0.25) is 0 Å². The second-order valence-corrected chi connectivity index (χ2v) is 8.95. The molecule has 5 nitrogen and oxygen atoms in total. The van der Waals surface area contributed by atoms with E-state index in [1.54, 1.807) is 5.01 Å². The van der Waals surface area contributed by atoms with Crippen LogP contribution in [0, 0.1) is 5.41 Å². The third-order valence-electron chi connectivity index (χ3n) is 6.44. The Kier molecular flexibility index (Phi) is 4.10. The molecule has 2 atom stereocenters. The highest BCUT2D eigenvalue weighted by atomic mass is 79.9. The van der Waals surface area contributed by atoms with E-state index in [1.807, 2.05) is 37.3 Å². The molecule has 3 aliphatic rings. The van der Waals surface area contributed by atoms with Crippen LogP contribution in [0.15, 0.2) is 58.1 Å². The van der Waals surface area contributed by atoms with Crippen LogP contribution in [0.5, 0.6) is 0 Å². The average molecular weight is 439 g/mol. The predicted octanol–water partition coefficient (Wildman–Crippen LogP) is 3.53. The Morgan fingerprint density at radius 2 is 1.93 bits per heavy atom. The maximum absolute atomic E-state index is 13.9. The SMILES string of the molecule is CC1=NN(c2ccccc2)C(=O)[C@]12Cc1cc(Br)ccc1N1CCN(C)C[C@H]12. The number of benzene rings is 2. The van der Waals surface area contributed by atoms with Crippen molar-refractivity contribution < 1.29 is 4.79 Å². The zero-order valence-corrected chi connectivity index (χ0v) is 17.7. The molecule has 1 spiro atoms. The van der Waals surface area contributed by atoms with E-state index in [1.165, 1.54) is 11.3 Å². The third-order valence-corrected chi connectivity index (χ3v) is 6.94. The van der Waals surface area contributed by atoms with Crippen molar-refractivity contribution in [1.29, 1.82) is 0 Å². The van der Waals surface area contributed by atoms with Crippen molar-refractivity contribution in [2.24, 2.45) is 10.5 Å². The Bertz CT molecular complexity index is 976. The summed E-state index contributed by atoms with van der Waals surface area (Å²) in [5.41, 5.74) is 3.59. The summed E-state index contributed by atoms with van der Waals surface area (Å²) in [7, 11) is 2.14. The number of carbonyl (C=O) groups excluding carboxylic acids is 1. The minimum absolute atomic E-state index is 0.0879. The molecule has 1 fully saturated rings. The van der Waals surface area contributed by atoms with E-state index in [2.05, 4.69) is 51.0 Å². The second kappa shape index (κ2) is 6.42. The molecule has 3 heterocycles. The molecule has 5 rings (SSSR count). The van der Waals surface area contributed by atoms with Gasteiger partial charge in [-0.05, 0) is 56.3 Å². The number of likely N-dealkylation sites (N-methyl/N-ethyl adjacent to an activating group) is 1. The molecule has 3 aliphatic heterocycles. The van der Waals surface area contributed by atoms with Gasteiger partial charge in [0.1, 0.15) is 5.41 Å². The Morgan fingerprint density at radius 3 is 2.71 bits per heavy atom. The van der Waals surface area contributed by atoms with Gasteiger partial charge in [0.25, 0.3) is 5.91 Å². The van der Waals surface area contributed by atoms with Crippen LogP contribution < -0.4 is 9.91 Å². The highest BCUT2D eigenvalue weighted by Gasteiger charge is 2.59. The van der Waals surface area contributed by atoms with Crippen LogP contribution in [0.25, 0.3) is 0 Å². The molecular weight excluding hydrogens is 416 g/mol. The van der Waals surface area contributed by atoms with Crippen molar-refractivity contribution in [3.8, 4) is 0 Å². The highest BCUT2D eigenvalue weighted by molar-refractivity contribution is 9.10. The van der Waals surface area contributed by atoms with E-state index in [4.69, 9.17) is 5.10 Å². The lowest BCUT2D eigenvalue weighted by atomic mass is 9.67. The Labute approximate surface area is 173 Å². The lowest BCUT2D eigenvalue weighted by Crippen LogP contribution is -2.66. The van der Waals surface area contributed by atoms with Crippen LogP contribution in [-0.4, -0.2) is 49.2 Å². The molecule has 144 valence electrons. The van der Waals surface area contributed by atoms with Crippen molar-refractivity contribution in [3.63, 3.8) is 0 Å². The third kappa shape index (κ3) is 2.47. The first-order valence-electron chi connectivity index (χ1n) is 9.69. The summed E-state index contributed by atoms with van der Waals surface area (Å²) < 4.78 is 1.05. The number of para-hydroxylation sites is 1. The summed E-state index contributed by atoms with van der Waals surface area (Å²) >= 11 is 3.61. The van der Waals surface area contributed by atoms with Gasteiger partial charge < -0.3 is 9.80 Å². The van der Waals surface area contributed by atoms with Gasteiger partial charge in [-0.3, -0.25) is 4.79 Å². The van der Waals surface area contributed by atoms with Gasteiger partial charge >= 0.3 is 0 Å². The molecule has 2 aromatic rings. The number of fused-ring (bicyclic) bond motifs is 4. The second-order valence-electron chi connectivity index (χ2n) is 8.03. The first-order chi connectivity index (χ1) is 13.5. The number of anilines is 2. The summed E-state index contributed by atoms with van der Waals surface area (Å²) in [5, 5.41) is 6.39. The predicted molar refractivity (Wildman–Crippen MR) is 116 cm³/mol. The Balaban J connectivity index is 1.65. The maximum atomic E-state index is 13.9. The van der Waals surface area contributed by atoms with E-state index in [0.29, 0.717) is 6.42 Å². The van der Waals surface area contributed by atoms with Crippen molar-refractivity contribution in [2.75, 3.05) is 36.6 Å². The summed E-state index contributed by atoms with van der Waals surface area (Å²) in [6.07, 6.45) is 0.689. The van der Waals surface area contributed by atoms with Crippen molar-refractivity contribution in [3.05, 3.63) is 58.6 Å². The molecule has 6 heteroatoms. The van der Waals surface area contributed by atoms with Gasteiger partial charge in [-0.2, -0.15) is 10.1 Å². The fourth-order valence-corrected chi connectivity index (χ4v) is 5.39. The summed E-state index contributed by atoms with van der Waals surface area (Å²) in [5.74, 6) is 0.0899. The molecule has 0 bridgehead atoms. The van der Waals surface area contributed by atoms with Gasteiger partial charge in [0.05, 0.1) is 17.4 Å². The zero-order chi connectivity index (χ0) is 19.5. The van der Waals surface area contributed by atoms with Crippen LogP contribution >= 0.6 is 15.9 Å². The van der Waals surface area contributed by atoms with E-state index in [0.717, 1.165) is 35.5 Å². The lowest BCUT2D eigenvalue weighted by molar-refractivity contribution is -0.125. The molecule has 0 saturated carbocycles. The molecule has 1 saturated heterocycles. The number of rotatable bonds is 1. The molecule has 0 radical (unpaired) electrons. The van der Waals surface area contributed by atoms with Crippen LogP contribution in [0.1, 0.15) is 12.5 Å². The summed E-state index contributed by atoms with van der Waals surface area (Å²) in [6.45, 7) is 4.80. The molecule has 2 aromatic carbocycles. The van der Waals surface area contributed by atoms with Crippen molar-refractivity contribution >= 4 is 38.9 Å². The van der Waals surface area contributed by atoms with E-state index >= 15 is 0 Å². The number of hydrogen-bond donors (Lipinski definition) is 0. The van der Waals surface area contributed by atoms with Gasteiger partial charge in [0.15, 0.2) is 0 Å². The lowest BCUT2D eigenvalue weighted by Gasteiger charge is -2.52. The topological polar surface area (TPSA) is 39.2 Å². The maximum Gasteiger partial charge on any atom is 0.261 e. The van der Waals surface area contributed by atoms with Gasteiger partial charge in [0, 0.05) is 29.8 Å². The Morgan fingerprint density at radius 1 is 1.14 bits per heavy atom. The Hall–Kier alpha value is -2.18. The molecule has 1 amide bonds. The van der Waals surface area contributed by atoms with Crippen molar-refractivity contribution in [1.82, 2.24) is 4.90 Å². The number of piperazine rings is 1. The van der Waals surface area contributed by atoms with Crippen LogP contribution in [-0.2, 0) is 11.2 Å². The number of nitrogens with zero attached hydrogens (tertiary/aromatic N) is 4. The molecule has 0 aliphatic carbocycles. The number of hydrazone groups is 1. The van der Waals surface area contributed by atoms with Gasteiger partial charge in [-0.15, -0.1) is 0 Å². The monoisotopic (exact) mass is 438 g/mol. The van der Waals surface area contributed by atoms with E-state index < -0.39 is 5.41 Å². The quantitative estimate of drug-likeness (QED) is 0.683. The fraction of sp³-hybridized carbons (Fsp3) is 0.364. The van der Waals surface area contributed by atoms with Gasteiger partial charge in [-0.25, -0.2) is 0 Å². The number of carbonyl (C=O) groups is 1. The molecular formula is C22H23BrN4O. The first kappa shape index (κ1) is 17.9. The van der Waals surface area contributed by atoms with Crippen LogP contribution in [0.4, 0.5) is 11.4 Å². The number of amides is 1.